The third kappa shape index (κ3) is 3.43. The van der Waals surface area contributed by atoms with Crippen molar-refractivity contribution in [3.8, 4) is 0 Å². The lowest BCUT2D eigenvalue weighted by Gasteiger charge is -2.38. The minimum atomic E-state index is 0.283. The summed E-state index contributed by atoms with van der Waals surface area (Å²) in [5.41, 5.74) is 5.95. The molecule has 0 aromatic carbocycles. The summed E-state index contributed by atoms with van der Waals surface area (Å²) in [5.74, 6) is 0.283. The number of hydrogen-bond donors (Lipinski definition) is 1. The summed E-state index contributed by atoms with van der Waals surface area (Å²) < 4.78 is 0. The minimum absolute atomic E-state index is 0.283. The van der Waals surface area contributed by atoms with Crippen LogP contribution in [0.4, 0.5) is 0 Å². The van der Waals surface area contributed by atoms with Crippen molar-refractivity contribution in [1.82, 2.24) is 14.7 Å². The lowest BCUT2D eigenvalue weighted by molar-refractivity contribution is -0.134. The Morgan fingerprint density at radius 3 is 2.50 bits per heavy atom. The number of amides is 1. The van der Waals surface area contributed by atoms with E-state index in [1.54, 1.807) is 0 Å². The number of nitrogens with two attached hydrogens (primary N) is 1. The van der Waals surface area contributed by atoms with Gasteiger partial charge in [0.25, 0.3) is 0 Å². The fraction of sp³-hybridized carbons (Fsp3) is 0.923. The van der Waals surface area contributed by atoms with E-state index in [0.717, 1.165) is 45.6 Å². The van der Waals surface area contributed by atoms with Gasteiger partial charge in [-0.3, -0.25) is 9.69 Å². The van der Waals surface area contributed by atoms with Crippen molar-refractivity contribution in [2.45, 2.75) is 31.8 Å². The molecule has 2 unspecified atom stereocenters. The predicted molar refractivity (Wildman–Crippen MR) is 72.3 cm³/mol. The number of piperidine rings is 1. The van der Waals surface area contributed by atoms with E-state index in [1.165, 1.54) is 0 Å². The Balaban J connectivity index is 1.80. The first-order valence-corrected chi connectivity index (χ1v) is 7.02. The van der Waals surface area contributed by atoms with Gasteiger partial charge in [-0.2, -0.15) is 0 Å². The molecule has 2 atom stereocenters. The zero-order valence-electron chi connectivity index (χ0n) is 11.6. The SMILES string of the molecule is CC1CC(N)CCN1CC(=O)N1CCN(C)CC1. The Bertz CT molecular complexity index is 289. The molecule has 0 spiro atoms. The Morgan fingerprint density at radius 1 is 1.22 bits per heavy atom. The highest BCUT2D eigenvalue weighted by atomic mass is 16.2. The van der Waals surface area contributed by atoms with Crippen molar-refractivity contribution in [3.05, 3.63) is 0 Å². The molecule has 0 saturated carbocycles. The smallest absolute Gasteiger partial charge is 0.236 e. The molecule has 2 N–H and O–H groups in total. The molecular weight excluding hydrogens is 228 g/mol. The Labute approximate surface area is 110 Å². The standard InChI is InChI=1S/C13H26N4O/c1-11-9-12(14)3-4-17(11)10-13(18)16-7-5-15(2)6-8-16/h11-12H,3-10,14H2,1-2H3. The van der Waals surface area contributed by atoms with Gasteiger partial charge in [0.15, 0.2) is 0 Å². The largest absolute Gasteiger partial charge is 0.339 e. The number of rotatable bonds is 2. The van der Waals surface area contributed by atoms with Crippen molar-refractivity contribution in [3.63, 3.8) is 0 Å². The summed E-state index contributed by atoms with van der Waals surface area (Å²) in [7, 11) is 2.11. The molecule has 2 aliphatic rings. The van der Waals surface area contributed by atoms with Crippen molar-refractivity contribution >= 4 is 5.91 Å². The van der Waals surface area contributed by atoms with Crippen LogP contribution in [-0.2, 0) is 4.79 Å². The average molecular weight is 254 g/mol. The lowest BCUT2D eigenvalue weighted by atomic mass is 9.99. The topological polar surface area (TPSA) is 52.8 Å². The van der Waals surface area contributed by atoms with E-state index in [-0.39, 0.29) is 5.91 Å². The molecule has 2 saturated heterocycles. The van der Waals surface area contributed by atoms with Crippen molar-refractivity contribution in [2.75, 3.05) is 46.3 Å². The highest BCUT2D eigenvalue weighted by molar-refractivity contribution is 5.78. The molecule has 0 bridgehead atoms. The van der Waals surface area contributed by atoms with Crippen LogP contribution in [0.3, 0.4) is 0 Å². The minimum Gasteiger partial charge on any atom is -0.339 e. The second-order valence-corrected chi connectivity index (χ2v) is 5.79. The van der Waals surface area contributed by atoms with E-state index >= 15 is 0 Å². The zero-order chi connectivity index (χ0) is 13.1. The van der Waals surface area contributed by atoms with Gasteiger partial charge >= 0.3 is 0 Å². The molecule has 1 amide bonds. The number of likely N-dealkylation sites (N-methyl/N-ethyl adjacent to an activating group) is 1. The molecule has 5 nitrogen and oxygen atoms in total. The van der Waals surface area contributed by atoms with Crippen molar-refractivity contribution in [1.29, 1.82) is 0 Å². The highest BCUT2D eigenvalue weighted by Gasteiger charge is 2.27. The van der Waals surface area contributed by atoms with E-state index < -0.39 is 0 Å². The zero-order valence-corrected chi connectivity index (χ0v) is 11.6. The molecule has 5 heteroatoms. The van der Waals surface area contributed by atoms with E-state index in [9.17, 15) is 4.79 Å². The summed E-state index contributed by atoms with van der Waals surface area (Å²) in [5, 5.41) is 0. The summed E-state index contributed by atoms with van der Waals surface area (Å²) in [6.45, 7) is 7.43. The molecule has 2 aliphatic heterocycles. The van der Waals surface area contributed by atoms with Gasteiger partial charge in [-0.1, -0.05) is 0 Å². The van der Waals surface area contributed by atoms with Gasteiger partial charge in [0.05, 0.1) is 6.54 Å². The van der Waals surface area contributed by atoms with Crippen LogP contribution in [-0.4, -0.2) is 79.0 Å². The van der Waals surface area contributed by atoms with Gasteiger partial charge in [-0.25, -0.2) is 0 Å². The highest BCUT2D eigenvalue weighted by Crippen LogP contribution is 2.16. The number of piperazine rings is 1. The van der Waals surface area contributed by atoms with Gasteiger partial charge in [0, 0.05) is 44.8 Å². The molecular formula is C13H26N4O. The summed E-state index contributed by atoms with van der Waals surface area (Å²) >= 11 is 0. The van der Waals surface area contributed by atoms with Crippen LogP contribution in [0.1, 0.15) is 19.8 Å². The number of carbonyl (C=O) groups is 1. The Morgan fingerprint density at radius 2 is 1.89 bits per heavy atom. The van der Waals surface area contributed by atoms with E-state index in [4.69, 9.17) is 5.73 Å². The van der Waals surface area contributed by atoms with Crippen LogP contribution in [0.15, 0.2) is 0 Å². The molecule has 104 valence electrons. The molecule has 0 radical (unpaired) electrons. The van der Waals surface area contributed by atoms with Gasteiger partial charge in [-0.15, -0.1) is 0 Å². The van der Waals surface area contributed by atoms with Gasteiger partial charge in [0.2, 0.25) is 5.91 Å². The summed E-state index contributed by atoms with van der Waals surface area (Å²) in [6.07, 6.45) is 2.02. The first kappa shape index (κ1) is 13.8. The van der Waals surface area contributed by atoms with Crippen LogP contribution in [0, 0.1) is 0 Å². The first-order valence-electron chi connectivity index (χ1n) is 7.02. The van der Waals surface area contributed by atoms with Gasteiger partial charge in [-0.05, 0) is 26.8 Å². The molecule has 0 aromatic rings. The summed E-state index contributed by atoms with van der Waals surface area (Å²) in [6, 6.07) is 0.750. The Kier molecular flexibility index (Phi) is 4.59. The molecule has 2 fully saturated rings. The van der Waals surface area contributed by atoms with Crippen LogP contribution in [0.25, 0.3) is 0 Å². The number of nitrogens with zero attached hydrogens (tertiary/aromatic N) is 3. The molecule has 0 aromatic heterocycles. The van der Waals surface area contributed by atoms with Crippen molar-refractivity contribution < 1.29 is 4.79 Å². The van der Waals surface area contributed by atoms with Crippen molar-refractivity contribution in [2.24, 2.45) is 5.73 Å². The Hall–Kier alpha value is -0.650. The molecule has 0 aliphatic carbocycles. The lowest BCUT2D eigenvalue weighted by Crippen LogP contribution is -2.53. The molecule has 2 heterocycles. The van der Waals surface area contributed by atoms with Gasteiger partial charge in [0.1, 0.15) is 0 Å². The third-order valence-corrected chi connectivity index (χ3v) is 4.25. The van der Waals surface area contributed by atoms with Crippen LogP contribution < -0.4 is 5.73 Å². The van der Waals surface area contributed by atoms with E-state index in [1.807, 2.05) is 4.90 Å². The monoisotopic (exact) mass is 254 g/mol. The second-order valence-electron chi connectivity index (χ2n) is 5.79. The maximum Gasteiger partial charge on any atom is 0.236 e. The van der Waals surface area contributed by atoms with E-state index in [2.05, 4.69) is 23.8 Å². The third-order valence-electron chi connectivity index (χ3n) is 4.25. The van der Waals surface area contributed by atoms with Gasteiger partial charge < -0.3 is 15.5 Å². The predicted octanol–water partition coefficient (Wildman–Crippen LogP) is -0.428. The second kappa shape index (κ2) is 5.99. The maximum atomic E-state index is 12.2. The number of carbonyl (C=O) groups excluding carboxylic acids is 1. The fourth-order valence-electron chi connectivity index (χ4n) is 2.82. The normalized spacial score (nSPS) is 31.6. The molecule has 18 heavy (non-hydrogen) atoms. The van der Waals surface area contributed by atoms with Crippen LogP contribution in [0.2, 0.25) is 0 Å². The quantitative estimate of drug-likeness (QED) is 0.727. The molecule has 2 rings (SSSR count). The summed E-state index contributed by atoms with van der Waals surface area (Å²) in [4.78, 5) is 18.8. The first-order chi connectivity index (χ1) is 8.56. The van der Waals surface area contributed by atoms with Crippen LogP contribution >= 0.6 is 0 Å². The number of likely N-dealkylation sites (tertiary alicyclic amines) is 1. The number of hydrogen-bond acceptors (Lipinski definition) is 4. The maximum absolute atomic E-state index is 12.2. The van der Waals surface area contributed by atoms with E-state index in [0.29, 0.717) is 18.6 Å². The fourth-order valence-corrected chi connectivity index (χ4v) is 2.82. The average Bonchev–Trinajstić information content (AvgIpc) is 2.33. The van der Waals surface area contributed by atoms with Crippen LogP contribution in [0.5, 0.6) is 0 Å².